The van der Waals surface area contributed by atoms with Crippen LogP contribution in [-0.4, -0.2) is 23.5 Å². The average molecular weight is 233 g/mol. The van der Waals surface area contributed by atoms with Gasteiger partial charge in [-0.25, -0.2) is 4.98 Å². The van der Waals surface area contributed by atoms with Gasteiger partial charge in [-0.3, -0.25) is 4.79 Å². The van der Waals surface area contributed by atoms with E-state index in [1.807, 2.05) is 25.1 Å². The molecule has 2 rings (SSSR count). The van der Waals surface area contributed by atoms with Crippen LogP contribution in [0.1, 0.15) is 31.4 Å². The maximum Gasteiger partial charge on any atom is 0.242 e. The number of nitrogens with zero attached hydrogens (tertiary/aromatic N) is 1. The summed E-state index contributed by atoms with van der Waals surface area (Å²) in [6, 6.07) is 5.57. The Labute approximate surface area is 102 Å². The zero-order valence-electron chi connectivity index (χ0n) is 10.2. The van der Waals surface area contributed by atoms with Gasteiger partial charge in [-0.15, -0.1) is 0 Å². The van der Waals surface area contributed by atoms with Gasteiger partial charge in [0.15, 0.2) is 0 Å². The second-order valence-corrected chi connectivity index (χ2v) is 4.51. The molecule has 0 saturated carbocycles. The first-order valence-electron chi connectivity index (χ1n) is 6.23. The standard InChI is InChI=1S/C13H19N3O/c1-10-6-5-8-12(15-10)16-13(17)11-7-3-2-4-9-14-11/h5-6,8,11,14H,2-4,7,9H2,1H3,(H,15,16,17). The SMILES string of the molecule is Cc1cccc(NC(=O)C2CCCCCN2)n1. The number of amides is 1. The quantitative estimate of drug-likeness (QED) is 0.819. The number of anilines is 1. The molecule has 2 heterocycles. The van der Waals surface area contributed by atoms with Gasteiger partial charge in [0.05, 0.1) is 6.04 Å². The largest absolute Gasteiger partial charge is 0.309 e. The van der Waals surface area contributed by atoms with Crippen LogP contribution in [0.5, 0.6) is 0 Å². The molecule has 4 nitrogen and oxygen atoms in total. The molecule has 0 radical (unpaired) electrons. The number of carbonyl (C=O) groups excluding carboxylic acids is 1. The summed E-state index contributed by atoms with van der Waals surface area (Å²) in [7, 11) is 0. The molecule has 1 aromatic rings. The molecule has 1 saturated heterocycles. The molecule has 1 fully saturated rings. The van der Waals surface area contributed by atoms with E-state index in [9.17, 15) is 4.79 Å². The summed E-state index contributed by atoms with van der Waals surface area (Å²) in [5.41, 5.74) is 0.914. The lowest BCUT2D eigenvalue weighted by Gasteiger charge is -2.15. The van der Waals surface area contributed by atoms with Crippen molar-refractivity contribution in [1.82, 2.24) is 10.3 Å². The molecule has 1 atom stereocenters. The summed E-state index contributed by atoms with van der Waals surface area (Å²) in [6.45, 7) is 2.85. The van der Waals surface area contributed by atoms with Crippen molar-refractivity contribution in [2.24, 2.45) is 0 Å². The van der Waals surface area contributed by atoms with E-state index in [0.29, 0.717) is 5.82 Å². The van der Waals surface area contributed by atoms with Crippen LogP contribution in [-0.2, 0) is 4.79 Å². The Balaban J connectivity index is 1.95. The number of pyridine rings is 1. The maximum absolute atomic E-state index is 12.0. The van der Waals surface area contributed by atoms with Crippen molar-refractivity contribution in [3.05, 3.63) is 23.9 Å². The number of hydrogen-bond acceptors (Lipinski definition) is 3. The van der Waals surface area contributed by atoms with Crippen LogP contribution in [0.4, 0.5) is 5.82 Å². The Kier molecular flexibility index (Phi) is 4.09. The molecule has 17 heavy (non-hydrogen) atoms. The third-order valence-electron chi connectivity index (χ3n) is 3.02. The lowest BCUT2D eigenvalue weighted by molar-refractivity contribution is -0.118. The lowest BCUT2D eigenvalue weighted by Crippen LogP contribution is -2.40. The molecule has 1 aromatic heterocycles. The van der Waals surface area contributed by atoms with E-state index in [4.69, 9.17) is 0 Å². The summed E-state index contributed by atoms with van der Waals surface area (Å²) in [4.78, 5) is 16.3. The van der Waals surface area contributed by atoms with Crippen LogP contribution < -0.4 is 10.6 Å². The maximum atomic E-state index is 12.0. The van der Waals surface area contributed by atoms with Gasteiger partial charge >= 0.3 is 0 Å². The zero-order chi connectivity index (χ0) is 12.1. The number of aromatic nitrogens is 1. The number of aryl methyl sites for hydroxylation is 1. The second kappa shape index (κ2) is 5.77. The molecular formula is C13H19N3O. The van der Waals surface area contributed by atoms with E-state index in [1.54, 1.807) is 0 Å². The van der Waals surface area contributed by atoms with E-state index < -0.39 is 0 Å². The van der Waals surface area contributed by atoms with E-state index in [-0.39, 0.29) is 11.9 Å². The third kappa shape index (κ3) is 3.53. The fourth-order valence-electron chi connectivity index (χ4n) is 2.08. The summed E-state index contributed by atoms with van der Waals surface area (Å²) in [6.07, 6.45) is 4.40. The van der Waals surface area contributed by atoms with Gasteiger partial charge in [0.1, 0.15) is 5.82 Å². The number of rotatable bonds is 2. The van der Waals surface area contributed by atoms with Crippen LogP contribution in [0.25, 0.3) is 0 Å². The molecule has 1 aliphatic rings. The minimum Gasteiger partial charge on any atom is -0.309 e. The molecular weight excluding hydrogens is 214 g/mol. The third-order valence-corrected chi connectivity index (χ3v) is 3.02. The van der Waals surface area contributed by atoms with E-state index in [1.165, 1.54) is 6.42 Å². The normalized spacial score (nSPS) is 20.6. The molecule has 1 aliphatic heterocycles. The van der Waals surface area contributed by atoms with Crippen LogP contribution in [0.3, 0.4) is 0 Å². The molecule has 0 aliphatic carbocycles. The predicted molar refractivity (Wildman–Crippen MR) is 67.9 cm³/mol. The highest BCUT2D eigenvalue weighted by atomic mass is 16.2. The summed E-state index contributed by atoms with van der Waals surface area (Å²) in [5.74, 6) is 0.672. The Morgan fingerprint density at radius 1 is 1.41 bits per heavy atom. The molecule has 92 valence electrons. The summed E-state index contributed by atoms with van der Waals surface area (Å²) >= 11 is 0. The van der Waals surface area contributed by atoms with Gasteiger partial charge in [-0.1, -0.05) is 18.9 Å². The number of carbonyl (C=O) groups is 1. The first-order chi connectivity index (χ1) is 8.25. The molecule has 4 heteroatoms. The highest BCUT2D eigenvalue weighted by Gasteiger charge is 2.19. The molecule has 1 amide bonds. The average Bonchev–Trinajstić information content (AvgIpc) is 2.57. The predicted octanol–water partition coefficient (Wildman–Crippen LogP) is 1.86. The Bertz CT molecular complexity index is 384. The van der Waals surface area contributed by atoms with E-state index in [2.05, 4.69) is 15.6 Å². The van der Waals surface area contributed by atoms with Gasteiger partial charge in [-0.05, 0) is 38.4 Å². The monoisotopic (exact) mass is 233 g/mol. The van der Waals surface area contributed by atoms with E-state index in [0.717, 1.165) is 31.5 Å². The zero-order valence-corrected chi connectivity index (χ0v) is 10.2. The molecule has 1 unspecified atom stereocenters. The highest BCUT2D eigenvalue weighted by Crippen LogP contribution is 2.11. The minimum atomic E-state index is -0.0696. The summed E-state index contributed by atoms with van der Waals surface area (Å²) in [5, 5.41) is 6.14. The van der Waals surface area contributed by atoms with Crippen LogP contribution in [0.2, 0.25) is 0 Å². The van der Waals surface area contributed by atoms with Crippen molar-refractivity contribution in [2.75, 3.05) is 11.9 Å². The smallest absolute Gasteiger partial charge is 0.242 e. The molecule has 0 bridgehead atoms. The highest BCUT2D eigenvalue weighted by molar-refractivity contribution is 5.94. The minimum absolute atomic E-state index is 0.0324. The van der Waals surface area contributed by atoms with Crippen molar-refractivity contribution in [3.8, 4) is 0 Å². The topological polar surface area (TPSA) is 54.0 Å². The van der Waals surface area contributed by atoms with Crippen LogP contribution in [0, 0.1) is 6.92 Å². The van der Waals surface area contributed by atoms with Crippen molar-refractivity contribution in [2.45, 2.75) is 38.6 Å². The van der Waals surface area contributed by atoms with Crippen molar-refractivity contribution >= 4 is 11.7 Å². The Hall–Kier alpha value is -1.42. The molecule has 2 N–H and O–H groups in total. The van der Waals surface area contributed by atoms with Crippen LogP contribution in [0.15, 0.2) is 18.2 Å². The first kappa shape index (κ1) is 12.0. The van der Waals surface area contributed by atoms with Crippen LogP contribution >= 0.6 is 0 Å². The number of nitrogens with one attached hydrogen (secondary N) is 2. The fourth-order valence-corrected chi connectivity index (χ4v) is 2.08. The molecule has 0 spiro atoms. The Morgan fingerprint density at radius 3 is 3.12 bits per heavy atom. The van der Waals surface area contributed by atoms with E-state index >= 15 is 0 Å². The second-order valence-electron chi connectivity index (χ2n) is 4.51. The Morgan fingerprint density at radius 2 is 2.29 bits per heavy atom. The lowest BCUT2D eigenvalue weighted by atomic mass is 10.1. The van der Waals surface area contributed by atoms with Gasteiger partial charge in [0.2, 0.25) is 5.91 Å². The van der Waals surface area contributed by atoms with Gasteiger partial charge in [0, 0.05) is 5.69 Å². The van der Waals surface area contributed by atoms with Crippen molar-refractivity contribution < 1.29 is 4.79 Å². The molecule has 0 aromatic carbocycles. The van der Waals surface area contributed by atoms with Gasteiger partial charge in [0.25, 0.3) is 0 Å². The fraction of sp³-hybridized carbons (Fsp3) is 0.538. The summed E-state index contributed by atoms with van der Waals surface area (Å²) < 4.78 is 0. The van der Waals surface area contributed by atoms with Crippen molar-refractivity contribution in [3.63, 3.8) is 0 Å². The number of hydrogen-bond donors (Lipinski definition) is 2. The van der Waals surface area contributed by atoms with Gasteiger partial charge < -0.3 is 10.6 Å². The van der Waals surface area contributed by atoms with Gasteiger partial charge in [-0.2, -0.15) is 0 Å². The van der Waals surface area contributed by atoms with Crippen molar-refractivity contribution in [1.29, 1.82) is 0 Å². The first-order valence-corrected chi connectivity index (χ1v) is 6.23.